The molecule has 0 spiro atoms. The summed E-state index contributed by atoms with van der Waals surface area (Å²) in [4.78, 5) is 0. The zero-order chi connectivity index (χ0) is 23.7. The van der Waals surface area contributed by atoms with Crippen molar-refractivity contribution in [2.45, 2.75) is 61.5 Å². The molecule has 3 heterocycles. The van der Waals surface area contributed by atoms with E-state index in [2.05, 4.69) is 20.6 Å². The van der Waals surface area contributed by atoms with E-state index in [-0.39, 0.29) is 22.4 Å². The lowest BCUT2D eigenvalue weighted by molar-refractivity contribution is -0.265. The molecule has 3 atom stereocenters. The molecule has 3 unspecified atom stereocenters. The van der Waals surface area contributed by atoms with E-state index in [9.17, 15) is 18.3 Å². The number of aliphatic hydroxyl groups excluding tert-OH is 1. The molecule has 1 saturated heterocycles. The smallest absolute Gasteiger partial charge is 0.195 e. The van der Waals surface area contributed by atoms with Crippen molar-refractivity contribution in [3.05, 3.63) is 47.7 Å². The van der Waals surface area contributed by atoms with E-state index in [1.807, 2.05) is 10.9 Å². The molecule has 2 aromatic heterocycles. The number of halogens is 3. The lowest BCUT2D eigenvalue weighted by Gasteiger charge is -2.68. The maximum Gasteiger partial charge on any atom is 0.195 e. The van der Waals surface area contributed by atoms with Crippen LogP contribution in [0, 0.1) is 17.5 Å². The average Bonchev–Trinajstić information content (AvgIpc) is 3.43. The molecular formula is C22H23F3N6O3. The summed E-state index contributed by atoms with van der Waals surface area (Å²) in [6.07, 6.45) is 5.43. The van der Waals surface area contributed by atoms with E-state index in [1.165, 1.54) is 10.9 Å². The Hall–Kier alpha value is -2.83. The van der Waals surface area contributed by atoms with Crippen LogP contribution in [0.15, 0.2) is 24.5 Å². The normalized spacial score (nSPS) is 32.3. The fourth-order valence-corrected chi connectivity index (χ4v) is 5.54. The largest absolute Gasteiger partial charge is 0.388 e. The van der Waals surface area contributed by atoms with Crippen molar-refractivity contribution < 1.29 is 27.8 Å². The number of methoxy groups -OCH3 is 1. The van der Waals surface area contributed by atoms with Crippen LogP contribution in [0.25, 0.3) is 11.3 Å². The van der Waals surface area contributed by atoms with Crippen LogP contribution < -0.4 is 0 Å². The SMILES string of the molecule is COC12CC(n3cc(CC4OCCC(n5cc(-c6ccc(F)c(F)c6F)nn5)C4O)nn3)(C1)C2. The summed E-state index contributed by atoms with van der Waals surface area (Å²) in [6.45, 7) is 0.371. The Balaban J connectivity index is 1.16. The number of hydrogen-bond acceptors (Lipinski definition) is 7. The Morgan fingerprint density at radius 3 is 2.68 bits per heavy atom. The Labute approximate surface area is 192 Å². The second-order valence-corrected chi connectivity index (χ2v) is 9.56. The topological polar surface area (TPSA) is 100 Å². The van der Waals surface area contributed by atoms with Gasteiger partial charge in [0, 0.05) is 51.2 Å². The van der Waals surface area contributed by atoms with Gasteiger partial charge in [-0.25, -0.2) is 22.5 Å². The van der Waals surface area contributed by atoms with E-state index < -0.39 is 35.7 Å². The van der Waals surface area contributed by atoms with E-state index in [0.717, 1.165) is 31.4 Å². The number of rotatable bonds is 6. The number of ether oxygens (including phenoxy) is 2. The van der Waals surface area contributed by atoms with Crippen LogP contribution in [0.5, 0.6) is 0 Å². The molecule has 7 rings (SSSR count). The highest BCUT2D eigenvalue weighted by atomic mass is 19.2. The van der Waals surface area contributed by atoms with Crippen LogP contribution in [0.3, 0.4) is 0 Å². The number of benzene rings is 1. The fourth-order valence-electron chi connectivity index (χ4n) is 5.54. The predicted octanol–water partition coefficient (Wildman–Crippen LogP) is 2.17. The van der Waals surface area contributed by atoms with Crippen molar-refractivity contribution in [3.8, 4) is 11.3 Å². The van der Waals surface area contributed by atoms with Crippen molar-refractivity contribution in [1.82, 2.24) is 30.0 Å². The van der Waals surface area contributed by atoms with Gasteiger partial charge in [0.2, 0.25) is 0 Å². The third kappa shape index (κ3) is 3.19. The van der Waals surface area contributed by atoms with Gasteiger partial charge in [0.15, 0.2) is 17.5 Å². The van der Waals surface area contributed by atoms with E-state index >= 15 is 0 Å². The molecular weight excluding hydrogens is 453 g/mol. The first-order valence-electron chi connectivity index (χ1n) is 11.2. The molecule has 0 radical (unpaired) electrons. The lowest BCUT2D eigenvalue weighted by atomic mass is 9.46. The fraction of sp³-hybridized carbons (Fsp3) is 0.545. The van der Waals surface area contributed by atoms with Crippen molar-refractivity contribution in [2.24, 2.45) is 0 Å². The van der Waals surface area contributed by atoms with Crippen molar-refractivity contribution in [2.75, 3.05) is 13.7 Å². The van der Waals surface area contributed by atoms with Crippen molar-refractivity contribution in [1.29, 1.82) is 0 Å². The predicted molar refractivity (Wildman–Crippen MR) is 110 cm³/mol. The first kappa shape index (κ1) is 21.7. The zero-order valence-corrected chi connectivity index (χ0v) is 18.4. The van der Waals surface area contributed by atoms with Gasteiger partial charge in [0.1, 0.15) is 11.8 Å². The molecule has 2 bridgehead atoms. The second kappa shape index (κ2) is 7.59. The summed E-state index contributed by atoms with van der Waals surface area (Å²) in [5, 5.41) is 27.4. The van der Waals surface area contributed by atoms with Crippen LogP contribution in [0.4, 0.5) is 13.2 Å². The van der Waals surface area contributed by atoms with E-state index in [4.69, 9.17) is 9.47 Å². The highest BCUT2D eigenvalue weighted by Crippen LogP contribution is 2.66. The van der Waals surface area contributed by atoms with Gasteiger partial charge in [-0.15, -0.1) is 10.2 Å². The maximum absolute atomic E-state index is 14.2. The van der Waals surface area contributed by atoms with Gasteiger partial charge in [0.05, 0.1) is 35.2 Å². The lowest BCUT2D eigenvalue weighted by Crippen LogP contribution is -2.73. The number of aromatic nitrogens is 6. The third-order valence-electron chi connectivity index (χ3n) is 7.51. The molecule has 12 heteroatoms. The highest BCUT2D eigenvalue weighted by Gasteiger charge is 2.70. The summed E-state index contributed by atoms with van der Waals surface area (Å²) in [5.41, 5.74) is 0.540. The zero-order valence-electron chi connectivity index (χ0n) is 18.4. The third-order valence-corrected chi connectivity index (χ3v) is 7.51. The molecule has 4 fully saturated rings. The summed E-state index contributed by atoms with van der Waals surface area (Å²) >= 11 is 0. The van der Waals surface area contributed by atoms with Gasteiger partial charge >= 0.3 is 0 Å². The number of aliphatic hydroxyl groups is 1. The molecule has 1 aliphatic heterocycles. The molecule has 0 amide bonds. The minimum absolute atomic E-state index is 0.00125. The Morgan fingerprint density at radius 2 is 1.91 bits per heavy atom. The maximum atomic E-state index is 14.2. The van der Waals surface area contributed by atoms with Crippen molar-refractivity contribution in [3.63, 3.8) is 0 Å². The summed E-state index contributed by atoms with van der Waals surface area (Å²) in [5.74, 6) is -4.18. The van der Waals surface area contributed by atoms with Crippen molar-refractivity contribution >= 4 is 0 Å². The standard InChI is InChI=1S/C22H23F3N6O3/c1-33-22-9-21(10-22,11-22)31-7-12(26-29-31)6-17-20(32)16(4-5-34-17)30-8-15(27-28-30)13-2-3-14(23)19(25)18(13)24/h2-3,7-8,16-17,20,32H,4-6,9-11H2,1H3. The summed E-state index contributed by atoms with van der Waals surface area (Å²) in [7, 11) is 1.74. The molecule has 4 aliphatic rings. The molecule has 34 heavy (non-hydrogen) atoms. The number of hydrogen-bond donors (Lipinski definition) is 1. The summed E-state index contributed by atoms with van der Waals surface area (Å²) < 4.78 is 55.7. The first-order chi connectivity index (χ1) is 16.3. The van der Waals surface area contributed by atoms with Crippen LogP contribution in [-0.4, -0.2) is 66.6 Å². The second-order valence-electron chi connectivity index (χ2n) is 9.56. The molecule has 9 nitrogen and oxygen atoms in total. The van der Waals surface area contributed by atoms with E-state index in [0.29, 0.717) is 25.1 Å². The molecule has 1 N–H and O–H groups in total. The van der Waals surface area contributed by atoms with Gasteiger partial charge in [-0.05, 0) is 18.6 Å². The van der Waals surface area contributed by atoms with Gasteiger partial charge in [-0.2, -0.15) is 0 Å². The first-order valence-corrected chi connectivity index (χ1v) is 11.2. The van der Waals surface area contributed by atoms with Crippen LogP contribution in [-0.2, 0) is 21.4 Å². The van der Waals surface area contributed by atoms with Gasteiger partial charge in [0.25, 0.3) is 0 Å². The molecule has 3 aromatic rings. The minimum atomic E-state index is -1.57. The Kier molecular flexibility index (Phi) is 4.84. The minimum Gasteiger partial charge on any atom is -0.388 e. The molecule has 3 aliphatic carbocycles. The quantitative estimate of drug-likeness (QED) is 0.545. The molecule has 3 saturated carbocycles. The van der Waals surface area contributed by atoms with Gasteiger partial charge < -0.3 is 14.6 Å². The molecule has 1 aromatic carbocycles. The number of nitrogens with zero attached hydrogens (tertiary/aromatic N) is 6. The molecule has 180 valence electrons. The van der Waals surface area contributed by atoms with Crippen LogP contribution in [0.1, 0.15) is 37.4 Å². The van der Waals surface area contributed by atoms with Gasteiger partial charge in [-0.1, -0.05) is 10.4 Å². The Bertz CT molecular complexity index is 1230. The van der Waals surface area contributed by atoms with Crippen LogP contribution in [0.2, 0.25) is 0 Å². The summed E-state index contributed by atoms with van der Waals surface area (Å²) in [6, 6.07) is 1.46. The van der Waals surface area contributed by atoms with Gasteiger partial charge in [-0.3, -0.25) is 0 Å². The van der Waals surface area contributed by atoms with E-state index in [1.54, 1.807) is 7.11 Å². The highest BCUT2D eigenvalue weighted by molar-refractivity contribution is 5.58. The van der Waals surface area contributed by atoms with Crippen LogP contribution >= 0.6 is 0 Å². The monoisotopic (exact) mass is 476 g/mol. The average molecular weight is 476 g/mol. The Morgan fingerprint density at radius 1 is 1.12 bits per heavy atom.